The molecule has 0 radical (unpaired) electrons. The second kappa shape index (κ2) is 5.05. The molecular weight excluding hydrogens is 240 g/mol. The van der Waals surface area contributed by atoms with Gasteiger partial charge in [0.1, 0.15) is 5.69 Å². The van der Waals surface area contributed by atoms with Crippen LogP contribution in [0.5, 0.6) is 0 Å². The number of fused-ring (bicyclic) bond motifs is 1. The number of rotatable bonds is 2. The van der Waals surface area contributed by atoms with Crippen LogP contribution in [0.25, 0.3) is 10.9 Å². The number of carbonyl (C=O) groups is 1. The fourth-order valence-corrected chi connectivity index (χ4v) is 2.75. The first-order valence-electron chi connectivity index (χ1n) is 6.79. The van der Waals surface area contributed by atoms with Crippen molar-refractivity contribution in [3.8, 4) is 0 Å². The van der Waals surface area contributed by atoms with E-state index in [1.54, 1.807) is 0 Å². The molecule has 2 aromatic rings. The molecule has 3 N–H and O–H groups in total. The van der Waals surface area contributed by atoms with Crippen molar-refractivity contribution in [2.24, 2.45) is 0 Å². The van der Waals surface area contributed by atoms with E-state index < -0.39 is 0 Å². The average Bonchev–Trinajstić information content (AvgIpc) is 2.82. The van der Waals surface area contributed by atoms with Crippen molar-refractivity contribution in [2.45, 2.75) is 37.8 Å². The van der Waals surface area contributed by atoms with Gasteiger partial charge in [-0.15, -0.1) is 0 Å². The van der Waals surface area contributed by atoms with Gasteiger partial charge in [0.05, 0.1) is 6.10 Å². The number of para-hydroxylation sites is 1. The van der Waals surface area contributed by atoms with Crippen molar-refractivity contribution in [3.05, 3.63) is 36.0 Å². The number of aliphatic hydroxyl groups excluding tert-OH is 1. The molecule has 3 rings (SSSR count). The van der Waals surface area contributed by atoms with Gasteiger partial charge in [-0.25, -0.2) is 0 Å². The monoisotopic (exact) mass is 258 g/mol. The molecule has 0 aliphatic heterocycles. The van der Waals surface area contributed by atoms with Crippen molar-refractivity contribution < 1.29 is 9.90 Å². The molecule has 0 bridgehead atoms. The zero-order chi connectivity index (χ0) is 13.2. The zero-order valence-corrected chi connectivity index (χ0v) is 10.7. The average molecular weight is 258 g/mol. The summed E-state index contributed by atoms with van der Waals surface area (Å²) in [5.41, 5.74) is 1.55. The molecule has 1 fully saturated rings. The summed E-state index contributed by atoms with van der Waals surface area (Å²) >= 11 is 0. The van der Waals surface area contributed by atoms with Gasteiger partial charge in [-0.2, -0.15) is 0 Å². The third-order valence-corrected chi connectivity index (χ3v) is 3.76. The maximum Gasteiger partial charge on any atom is 0.267 e. The largest absolute Gasteiger partial charge is 0.393 e. The first-order chi connectivity index (χ1) is 9.22. The van der Waals surface area contributed by atoms with Crippen molar-refractivity contribution in [1.82, 2.24) is 10.3 Å². The van der Waals surface area contributed by atoms with Crippen molar-refractivity contribution in [3.63, 3.8) is 0 Å². The molecule has 1 aliphatic carbocycles. The van der Waals surface area contributed by atoms with Crippen molar-refractivity contribution in [1.29, 1.82) is 0 Å². The lowest BCUT2D eigenvalue weighted by Gasteiger charge is -2.26. The number of aliphatic hydroxyl groups is 1. The number of carbonyl (C=O) groups excluding carboxylic acids is 1. The summed E-state index contributed by atoms with van der Waals surface area (Å²) in [7, 11) is 0. The Morgan fingerprint density at radius 3 is 2.95 bits per heavy atom. The lowest BCUT2D eigenvalue weighted by atomic mass is 9.93. The molecule has 1 saturated carbocycles. The van der Waals surface area contributed by atoms with E-state index in [0.717, 1.165) is 30.2 Å². The van der Waals surface area contributed by atoms with Crippen LogP contribution < -0.4 is 5.32 Å². The molecule has 0 spiro atoms. The van der Waals surface area contributed by atoms with E-state index in [9.17, 15) is 9.90 Å². The summed E-state index contributed by atoms with van der Waals surface area (Å²) in [6.45, 7) is 0. The van der Waals surface area contributed by atoms with Gasteiger partial charge in [0.15, 0.2) is 0 Å². The van der Waals surface area contributed by atoms with Crippen LogP contribution in [-0.2, 0) is 0 Å². The highest BCUT2D eigenvalue weighted by Crippen LogP contribution is 2.19. The van der Waals surface area contributed by atoms with Gasteiger partial charge in [-0.1, -0.05) is 18.2 Å². The Kier molecular flexibility index (Phi) is 3.25. The number of hydrogen-bond acceptors (Lipinski definition) is 2. The van der Waals surface area contributed by atoms with Gasteiger partial charge in [0.25, 0.3) is 5.91 Å². The fourth-order valence-electron chi connectivity index (χ4n) is 2.75. The lowest BCUT2D eigenvalue weighted by molar-refractivity contribution is 0.0846. The van der Waals surface area contributed by atoms with E-state index in [1.165, 1.54) is 0 Å². The minimum atomic E-state index is -0.276. The van der Waals surface area contributed by atoms with Crippen LogP contribution in [-0.4, -0.2) is 28.1 Å². The molecule has 1 heterocycles. The summed E-state index contributed by atoms with van der Waals surface area (Å²) in [4.78, 5) is 15.3. The summed E-state index contributed by atoms with van der Waals surface area (Å²) < 4.78 is 0. The summed E-state index contributed by atoms with van der Waals surface area (Å²) in [5, 5.41) is 13.7. The number of H-pyrrole nitrogens is 1. The Labute approximate surface area is 111 Å². The van der Waals surface area contributed by atoms with Crippen LogP contribution in [0.4, 0.5) is 0 Å². The summed E-state index contributed by atoms with van der Waals surface area (Å²) in [6, 6.07) is 9.78. The molecule has 19 heavy (non-hydrogen) atoms. The van der Waals surface area contributed by atoms with Crippen LogP contribution in [0, 0.1) is 0 Å². The highest BCUT2D eigenvalue weighted by molar-refractivity contribution is 5.98. The van der Waals surface area contributed by atoms with Gasteiger partial charge in [0, 0.05) is 16.9 Å². The molecule has 1 aromatic carbocycles. The number of benzene rings is 1. The van der Waals surface area contributed by atoms with Crippen LogP contribution in [0.1, 0.15) is 36.2 Å². The number of aromatic amines is 1. The molecule has 1 aliphatic rings. The van der Waals surface area contributed by atoms with Gasteiger partial charge in [0.2, 0.25) is 0 Å². The first kappa shape index (κ1) is 12.2. The van der Waals surface area contributed by atoms with Gasteiger partial charge in [-0.05, 0) is 37.8 Å². The van der Waals surface area contributed by atoms with Gasteiger partial charge < -0.3 is 15.4 Å². The Morgan fingerprint density at radius 1 is 1.32 bits per heavy atom. The highest BCUT2D eigenvalue weighted by Gasteiger charge is 2.22. The quantitative estimate of drug-likeness (QED) is 0.773. The minimum Gasteiger partial charge on any atom is -0.393 e. The van der Waals surface area contributed by atoms with Crippen LogP contribution >= 0.6 is 0 Å². The number of amides is 1. The van der Waals surface area contributed by atoms with E-state index in [4.69, 9.17) is 0 Å². The third kappa shape index (κ3) is 2.63. The molecule has 100 valence electrons. The zero-order valence-electron chi connectivity index (χ0n) is 10.7. The Morgan fingerprint density at radius 2 is 2.16 bits per heavy atom. The minimum absolute atomic E-state index is 0.0858. The van der Waals surface area contributed by atoms with Crippen molar-refractivity contribution >= 4 is 16.8 Å². The van der Waals surface area contributed by atoms with E-state index in [-0.39, 0.29) is 18.1 Å². The standard InChI is InChI=1S/C15H18N2O2/c18-12-6-3-5-11(9-12)16-15(19)14-8-10-4-1-2-7-13(10)17-14/h1-2,4,7-8,11-12,17-18H,3,5-6,9H2,(H,16,19). The molecular formula is C15H18N2O2. The second-order valence-corrected chi connectivity index (χ2v) is 5.26. The van der Waals surface area contributed by atoms with Gasteiger partial charge >= 0.3 is 0 Å². The predicted octanol–water partition coefficient (Wildman–Crippen LogP) is 2.20. The van der Waals surface area contributed by atoms with Crippen LogP contribution in [0.3, 0.4) is 0 Å². The third-order valence-electron chi connectivity index (χ3n) is 3.76. The first-order valence-corrected chi connectivity index (χ1v) is 6.79. The molecule has 2 unspecified atom stereocenters. The predicted molar refractivity (Wildman–Crippen MR) is 74.0 cm³/mol. The molecule has 2 atom stereocenters. The Bertz CT molecular complexity index is 558. The van der Waals surface area contributed by atoms with Crippen molar-refractivity contribution in [2.75, 3.05) is 0 Å². The maximum atomic E-state index is 12.2. The van der Waals surface area contributed by atoms with E-state index >= 15 is 0 Å². The number of nitrogens with one attached hydrogen (secondary N) is 2. The second-order valence-electron chi connectivity index (χ2n) is 5.26. The topological polar surface area (TPSA) is 65.1 Å². The number of hydrogen-bond donors (Lipinski definition) is 3. The fraction of sp³-hybridized carbons (Fsp3) is 0.400. The van der Waals surface area contributed by atoms with E-state index in [1.807, 2.05) is 30.3 Å². The van der Waals surface area contributed by atoms with Gasteiger partial charge in [-0.3, -0.25) is 4.79 Å². The molecule has 1 amide bonds. The Balaban J connectivity index is 1.72. The molecule has 0 saturated heterocycles. The molecule has 4 heteroatoms. The molecule has 4 nitrogen and oxygen atoms in total. The molecule has 1 aromatic heterocycles. The summed E-state index contributed by atoms with van der Waals surface area (Å²) in [6.07, 6.45) is 3.15. The highest BCUT2D eigenvalue weighted by atomic mass is 16.3. The number of aromatic nitrogens is 1. The summed E-state index contributed by atoms with van der Waals surface area (Å²) in [5.74, 6) is -0.0877. The van der Waals surface area contributed by atoms with Crippen LogP contribution in [0.2, 0.25) is 0 Å². The Hall–Kier alpha value is -1.81. The van der Waals surface area contributed by atoms with Crippen LogP contribution in [0.15, 0.2) is 30.3 Å². The smallest absolute Gasteiger partial charge is 0.267 e. The van der Waals surface area contributed by atoms with E-state index in [0.29, 0.717) is 12.1 Å². The SMILES string of the molecule is O=C(NC1CCCC(O)C1)c1cc2ccccc2[nH]1. The maximum absolute atomic E-state index is 12.2. The lowest BCUT2D eigenvalue weighted by Crippen LogP contribution is -2.39. The van der Waals surface area contributed by atoms with E-state index in [2.05, 4.69) is 10.3 Å². The normalized spacial score (nSPS) is 23.4.